The van der Waals surface area contributed by atoms with E-state index >= 15 is 0 Å². The van der Waals surface area contributed by atoms with Gasteiger partial charge in [-0.1, -0.05) is 13.8 Å². The van der Waals surface area contributed by atoms with E-state index in [2.05, 4.69) is 40.1 Å². The Balaban J connectivity index is 2.17. The molecular weight excluding hydrogens is 298 g/mol. The van der Waals surface area contributed by atoms with E-state index < -0.39 is 4.92 Å². The van der Waals surface area contributed by atoms with Crippen molar-refractivity contribution in [2.24, 2.45) is 11.3 Å². The molecule has 1 N–H and O–H groups in total. The molecule has 1 aromatic heterocycles. The van der Waals surface area contributed by atoms with E-state index in [1.54, 1.807) is 6.20 Å². The Morgan fingerprint density at radius 3 is 2.72 bits per heavy atom. The number of nitrogens with one attached hydrogen (secondary N) is 1. The Bertz CT molecular complexity index is 472. The summed E-state index contributed by atoms with van der Waals surface area (Å²) < 4.78 is 0.635. The Morgan fingerprint density at radius 2 is 2.22 bits per heavy atom. The summed E-state index contributed by atoms with van der Waals surface area (Å²) in [6, 6.07) is 0. The highest BCUT2D eigenvalue weighted by Gasteiger charge is 2.45. The summed E-state index contributed by atoms with van der Waals surface area (Å²) in [5, 5.41) is 14.2. The predicted octanol–water partition coefficient (Wildman–Crippen LogP) is 3.60. The van der Waals surface area contributed by atoms with Crippen LogP contribution in [-0.2, 0) is 0 Å². The molecule has 5 nitrogen and oxygen atoms in total. The molecule has 1 heterocycles. The number of nitrogens with zero attached hydrogens (tertiary/aromatic N) is 2. The third kappa shape index (κ3) is 2.48. The minimum Gasteiger partial charge on any atom is -0.378 e. The standard InChI is InChI=1S/C12H16BrN3O2/c1-8(2)12(3-4-12)7-15-11-9(13)5-14-6-10(11)16(17)18/h5-6,8H,3-4,7H2,1-2H3,(H,14,15). The molecule has 0 radical (unpaired) electrons. The van der Waals surface area contributed by atoms with Gasteiger partial charge in [-0.2, -0.15) is 0 Å². The lowest BCUT2D eigenvalue weighted by molar-refractivity contribution is -0.384. The first-order valence-electron chi connectivity index (χ1n) is 5.98. The smallest absolute Gasteiger partial charge is 0.311 e. The number of anilines is 1. The highest BCUT2D eigenvalue weighted by Crippen LogP contribution is 2.52. The summed E-state index contributed by atoms with van der Waals surface area (Å²) >= 11 is 3.31. The van der Waals surface area contributed by atoms with Gasteiger partial charge in [-0.15, -0.1) is 0 Å². The van der Waals surface area contributed by atoms with Gasteiger partial charge < -0.3 is 5.32 Å². The van der Waals surface area contributed by atoms with E-state index in [9.17, 15) is 10.1 Å². The molecule has 1 fully saturated rings. The summed E-state index contributed by atoms with van der Waals surface area (Å²) in [7, 11) is 0. The molecule has 18 heavy (non-hydrogen) atoms. The van der Waals surface area contributed by atoms with Gasteiger partial charge in [0.05, 0.1) is 9.40 Å². The lowest BCUT2D eigenvalue weighted by Gasteiger charge is -2.21. The zero-order valence-corrected chi connectivity index (χ0v) is 12.0. The SMILES string of the molecule is CC(C)C1(CNc2c(Br)cncc2[N+](=O)[O-])CC1. The van der Waals surface area contributed by atoms with Gasteiger partial charge in [0, 0.05) is 12.7 Å². The fourth-order valence-corrected chi connectivity index (χ4v) is 2.58. The zero-order valence-electron chi connectivity index (χ0n) is 10.4. The first kappa shape index (κ1) is 13.3. The van der Waals surface area contributed by atoms with Crippen LogP contribution >= 0.6 is 15.9 Å². The minimum absolute atomic E-state index is 0.0175. The molecule has 2 rings (SSSR count). The predicted molar refractivity (Wildman–Crippen MR) is 73.6 cm³/mol. The Labute approximate surface area is 114 Å². The summed E-state index contributed by atoms with van der Waals surface area (Å²) in [6.45, 7) is 5.17. The molecule has 1 aliphatic carbocycles. The van der Waals surface area contributed by atoms with Crippen LogP contribution in [0.15, 0.2) is 16.9 Å². The fraction of sp³-hybridized carbons (Fsp3) is 0.583. The second kappa shape index (κ2) is 4.84. The van der Waals surface area contributed by atoms with Gasteiger partial charge in [-0.3, -0.25) is 15.1 Å². The molecule has 0 amide bonds. The molecular formula is C12H16BrN3O2. The van der Waals surface area contributed by atoms with Crippen LogP contribution in [0, 0.1) is 21.4 Å². The maximum Gasteiger partial charge on any atom is 0.311 e. The van der Waals surface area contributed by atoms with Crippen LogP contribution in [-0.4, -0.2) is 16.5 Å². The number of hydrogen-bond acceptors (Lipinski definition) is 4. The number of rotatable bonds is 5. The average Bonchev–Trinajstić information content (AvgIpc) is 3.08. The quantitative estimate of drug-likeness (QED) is 0.666. The van der Waals surface area contributed by atoms with E-state index in [1.165, 1.54) is 19.0 Å². The van der Waals surface area contributed by atoms with Crippen molar-refractivity contribution < 1.29 is 4.92 Å². The molecule has 0 spiro atoms. The van der Waals surface area contributed by atoms with Crippen LogP contribution in [0.4, 0.5) is 11.4 Å². The van der Waals surface area contributed by atoms with Crippen LogP contribution in [0.3, 0.4) is 0 Å². The molecule has 98 valence electrons. The number of hydrogen-bond donors (Lipinski definition) is 1. The van der Waals surface area contributed by atoms with E-state index in [0.29, 0.717) is 21.5 Å². The molecule has 0 bridgehead atoms. The zero-order chi connectivity index (χ0) is 13.3. The molecule has 1 aromatic rings. The van der Waals surface area contributed by atoms with Crippen molar-refractivity contribution in [3.05, 3.63) is 27.0 Å². The molecule has 0 atom stereocenters. The van der Waals surface area contributed by atoms with E-state index in [4.69, 9.17) is 0 Å². The third-order valence-corrected chi connectivity index (χ3v) is 4.41. The third-order valence-electron chi connectivity index (χ3n) is 3.81. The summed E-state index contributed by atoms with van der Waals surface area (Å²) in [5.74, 6) is 0.588. The number of nitro groups is 1. The lowest BCUT2D eigenvalue weighted by atomic mass is 9.92. The number of pyridine rings is 1. The van der Waals surface area contributed by atoms with Crippen molar-refractivity contribution in [2.75, 3.05) is 11.9 Å². The van der Waals surface area contributed by atoms with Crippen LogP contribution in [0.2, 0.25) is 0 Å². The topological polar surface area (TPSA) is 68.1 Å². The lowest BCUT2D eigenvalue weighted by Crippen LogP contribution is -2.21. The van der Waals surface area contributed by atoms with Crippen molar-refractivity contribution in [3.8, 4) is 0 Å². The summed E-state index contributed by atoms with van der Waals surface area (Å²) in [4.78, 5) is 14.4. The van der Waals surface area contributed by atoms with Crippen LogP contribution < -0.4 is 5.32 Å². The Kier molecular flexibility index (Phi) is 3.56. The average molecular weight is 314 g/mol. The fourth-order valence-electron chi connectivity index (χ4n) is 2.12. The van der Waals surface area contributed by atoms with Gasteiger partial charge in [0.15, 0.2) is 0 Å². The maximum absolute atomic E-state index is 11.0. The van der Waals surface area contributed by atoms with Crippen molar-refractivity contribution in [1.82, 2.24) is 4.98 Å². The molecule has 0 aromatic carbocycles. The highest BCUT2D eigenvalue weighted by molar-refractivity contribution is 9.10. The van der Waals surface area contributed by atoms with E-state index in [1.807, 2.05) is 0 Å². The van der Waals surface area contributed by atoms with Crippen molar-refractivity contribution in [1.29, 1.82) is 0 Å². The first-order chi connectivity index (χ1) is 8.46. The van der Waals surface area contributed by atoms with Gasteiger partial charge >= 0.3 is 5.69 Å². The molecule has 1 saturated carbocycles. The van der Waals surface area contributed by atoms with Crippen molar-refractivity contribution in [3.63, 3.8) is 0 Å². The summed E-state index contributed by atoms with van der Waals surface area (Å²) in [5.41, 5.74) is 0.849. The molecule has 6 heteroatoms. The second-order valence-electron chi connectivity index (χ2n) is 5.14. The van der Waals surface area contributed by atoms with Gasteiger partial charge in [0.1, 0.15) is 11.9 Å². The van der Waals surface area contributed by atoms with Gasteiger partial charge in [0.25, 0.3) is 0 Å². The van der Waals surface area contributed by atoms with E-state index in [0.717, 1.165) is 6.54 Å². The maximum atomic E-state index is 11.0. The van der Waals surface area contributed by atoms with E-state index in [-0.39, 0.29) is 5.69 Å². The largest absolute Gasteiger partial charge is 0.378 e. The number of aromatic nitrogens is 1. The second-order valence-corrected chi connectivity index (χ2v) is 6.00. The first-order valence-corrected chi connectivity index (χ1v) is 6.77. The Morgan fingerprint density at radius 1 is 1.56 bits per heavy atom. The minimum atomic E-state index is -0.408. The van der Waals surface area contributed by atoms with Crippen LogP contribution in [0.1, 0.15) is 26.7 Å². The van der Waals surface area contributed by atoms with Crippen LogP contribution in [0.25, 0.3) is 0 Å². The van der Waals surface area contributed by atoms with Gasteiger partial charge in [0.2, 0.25) is 0 Å². The highest BCUT2D eigenvalue weighted by atomic mass is 79.9. The molecule has 1 aliphatic rings. The Hall–Kier alpha value is -1.17. The molecule has 0 saturated heterocycles. The van der Waals surface area contributed by atoms with Crippen LogP contribution in [0.5, 0.6) is 0 Å². The van der Waals surface area contributed by atoms with Crippen molar-refractivity contribution >= 4 is 27.3 Å². The van der Waals surface area contributed by atoms with Gasteiger partial charge in [-0.05, 0) is 40.1 Å². The monoisotopic (exact) mass is 313 g/mol. The number of halogens is 1. The molecule has 0 unspecified atom stereocenters. The molecule has 0 aliphatic heterocycles. The summed E-state index contributed by atoms with van der Waals surface area (Å²) in [6.07, 6.45) is 5.23. The normalized spacial score (nSPS) is 16.7. The van der Waals surface area contributed by atoms with Gasteiger partial charge in [-0.25, -0.2) is 0 Å². The van der Waals surface area contributed by atoms with Crippen molar-refractivity contribution in [2.45, 2.75) is 26.7 Å².